The van der Waals surface area contributed by atoms with Crippen LogP contribution in [0.15, 0.2) is 5.16 Å². The van der Waals surface area contributed by atoms with Gasteiger partial charge in [-0.15, -0.1) is 0 Å². The Balaban J connectivity index is 1.38. The van der Waals surface area contributed by atoms with E-state index in [4.69, 9.17) is 0 Å². The van der Waals surface area contributed by atoms with E-state index in [-0.39, 0.29) is 11.5 Å². The monoisotopic (exact) mass is 457 g/mol. The number of oxime groups is 1. The lowest BCUT2D eigenvalue weighted by Crippen LogP contribution is -2.57. The van der Waals surface area contributed by atoms with Crippen molar-refractivity contribution in [2.24, 2.45) is 61.8 Å². The SMILES string of the molecule is CC(C)/C(CC[C@@H](C)[C@H]1CC[C@@]2(C)[C@@H]3CC[C@H]4C(C)(C)[C@@H](O)CC[C@@]45C[C@@]35CC[C@]12C)=N\O. The summed E-state index contributed by atoms with van der Waals surface area (Å²) in [5.41, 5.74) is 3.08. The molecule has 0 aromatic heterocycles. The highest BCUT2D eigenvalue weighted by molar-refractivity contribution is 5.85. The van der Waals surface area contributed by atoms with Crippen molar-refractivity contribution in [2.45, 2.75) is 125 Å². The highest BCUT2D eigenvalue weighted by Gasteiger charge is 2.82. The van der Waals surface area contributed by atoms with Gasteiger partial charge in [0.1, 0.15) is 0 Å². The molecular weight excluding hydrogens is 406 g/mol. The van der Waals surface area contributed by atoms with E-state index >= 15 is 0 Å². The summed E-state index contributed by atoms with van der Waals surface area (Å²) in [5.74, 6) is 3.43. The molecule has 0 aromatic rings. The van der Waals surface area contributed by atoms with Gasteiger partial charge in [-0.3, -0.25) is 0 Å². The Morgan fingerprint density at radius 2 is 1.52 bits per heavy atom. The predicted molar refractivity (Wildman–Crippen MR) is 135 cm³/mol. The van der Waals surface area contributed by atoms with Crippen molar-refractivity contribution in [1.82, 2.24) is 0 Å². The first kappa shape index (κ1) is 24.1. The second kappa shape index (κ2) is 7.47. The van der Waals surface area contributed by atoms with Crippen molar-refractivity contribution < 1.29 is 10.3 Å². The molecule has 2 N–H and O–H groups in total. The maximum Gasteiger partial charge on any atom is 0.0596 e. The number of nitrogens with zero attached hydrogens (tertiary/aromatic N) is 1. The molecule has 0 radical (unpaired) electrons. The number of aliphatic hydroxyl groups excluding tert-OH is 1. The first-order valence-corrected chi connectivity index (χ1v) is 14.3. The van der Waals surface area contributed by atoms with Crippen LogP contribution in [0.25, 0.3) is 0 Å². The molecule has 0 saturated heterocycles. The smallest absolute Gasteiger partial charge is 0.0596 e. The van der Waals surface area contributed by atoms with Gasteiger partial charge in [-0.2, -0.15) is 0 Å². The topological polar surface area (TPSA) is 52.8 Å². The van der Waals surface area contributed by atoms with Crippen LogP contribution in [0, 0.1) is 56.7 Å². The van der Waals surface area contributed by atoms with E-state index in [1.807, 2.05) is 0 Å². The molecule has 5 aliphatic carbocycles. The second-order valence-corrected chi connectivity index (χ2v) is 14.8. The first-order chi connectivity index (χ1) is 15.4. The zero-order valence-corrected chi connectivity index (χ0v) is 22.6. The maximum atomic E-state index is 10.9. The molecule has 3 heteroatoms. The molecule has 5 aliphatic rings. The molecule has 0 bridgehead atoms. The van der Waals surface area contributed by atoms with E-state index in [1.54, 1.807) is 0 Å². The average molecular weight is 458 g/mol. The van der Waals surface area contributed by atoms with Crippen LogP contribution in [-0.4, -0.2) is 22.1 Å². The Morgan fingerprint density at radius 1 is 0.848 bits per heavy atom. The molecule has 0 aromatic carbocycles. The van der Waals surface area contributed by atoms with E-state index in [0.29, 0.717) is 33.5 Å². The quantitative estimate of drug-likeness (QED) is 0.252. The van der Waals surface area contributed by atoms with Gasteiger partial charge in [-0.05, 0) is 127 Å². The Bertz CT molecular complexity index is 818. The van der Waals surface area contributed by atoms with Crippen LogP contribution in [0.4, 0.5) is 0 Å². The summed E-state index contributed by atoms with van der Waals surface area (Å²) in [7, 11) is 0. The number of rotatable bonds is 5. The van der Waals surface area contributed by atoms with E-state index in [0.717, 1.165) is 42.7 Å². The van der Waals surface area contributed by atoms with Crippen LogP contribution < -0.4 is 0 Å². The van der Waals surface area contributed by atoms with Gasteiger partial charge >= 0.3 is 0 Å². The van der Waals surface area contributed by atoms with Crippen molar-refractivity contribution in [3.63, 3.8) is 0 Å². The molecule has 0 heterocycles. The normalized spacial score (nSPS) is 51.4. The van der Waals surface area contributed by atoms with Gasteiger partial charge in [0.25, 0.3) is 0 Å². The number of hydrogen-bond donors (Lipinski definition) is 2. The van der Waals surface area contributed by atoms with Gasteiger partial charge < -0.3 is 10.3 Å². The molecular formula is C30H51NO2. The number of aliphatic hydroxyl groups is 1. The summed E-state index contributed by atoms with van der Waals surface area (Å²) in [4.78, 5) is 0. The van der Waals surface area contributed by atoms with Crippen molar-refractivity contribution >= 4 is 5.71 Å². The summed E-state index contributed by atoms with van der Waals surface area (Å²) >= 11 is 0. The Morgan fingerprint density at radius 3 is 2.18 bits per heavy atom. The number of fused-ring (bicyclic) bond motifs is 2. The zero-order chi connectivity index (χ0) is 24.0. The molecule has 9 atom stereocenters. The fraction of sp³-hybridized carbons (Fsp3) is 0.967. The third kappa shape index (κ3) is 2.93. The summed E-state index contributed by atoms with van der Waals surface area (Å²) in [6.45, 7) is 16.9. The largest absolute Gasteiger partial charge is 0.411 e. The lowest BCUT2D eigenvalue weighted by molar-refractivity contribution is -0.161. The van der Waals surface area contributed by atoms with E-state index < -0.39 is 0 Å². The minimum Gasteiger partial charge on any atom is -0.411 e. The molecule has 0 unspecified atom stereocenters. The average Bonchev–Trinajstić information content (AvgIpc) is 3.34. The zero-order valence-electron chi connectivity index (χ0n) is 22.6. The third-order valence-corrected chi connectivity index (χ3v) is 13.5. The van der Waals surface area contributed by atoms with Gasteiger partial charge in [0.2, 0.25) is 0 Å². The molecule has 0 amide bonds. The van der Waals surface area contributed by atoms with Crippen LogP contribution in [0.1, 0.15) is 119 Å². The standard InChI is InChI=1S/C30H51NO2/c1-19(2)22(31-33)9-8-20(3)21-12-14-28(7)24-11-10-23-26(4,5)25(32)13-15-29(23)18-30(24,29)17-16-27(21,28)6/h19-21,23-25,32-33H,8-18H2,1-7H3/b31-22-/t20-,21-,23+,24+,25+,27-,28+,29-,30+/m1/s1. The van der Waals surface area contributed by atoms with Gasteiger partial charge in [0.15, 0.2) is 0 Å². The fourth-order valence-electron chi connectivity index (χ4n) is 11.3. The van der Waals surface area contributed by atoms with Crippen LogP contribution in [0.2, 0.25) is 0 Å². The number of hydrogen-bond acceptors (Lipinski definition) is 3. The van der Waals surface area contributed by atoms with Crippen LogP contribution in [0.5, 0.6) is 0 Å². The van der Waals surface area contributed by atoms with Gasteiger partial charge in [-0.25, -0.2) is 0 Å². The Kier molecular flexibility index (Phi) is 5.46. The van der Waals surface area contributed by atoms with Crippen LogP contribution >= 0.6 is 0 Å². The molecule has 188 valence electrons. The predicted octanol–water partition coefficient (Wildman–Crippen LogP) is 7.69. The van der Waals surface area contributed by atoms with Crippen molar-refractivity contribution in [3.05, 3.63) is 0 Å². The fourth-order valence-corrected chi connectivity index (χ4v) is 11.3. The van der Waals surface area contributed by atoms with Gasteiger partial charge in [0.05, 0.1) is 11.8 Å². The van der Waals surface area contributed by atoms with Gasteiger partial charge in [0, 0.05) is 0 Å². The van der Waals surface area contributed by atoms with E-state index in [9.17, 15) is 10.3 Å². The highest BCUT2D eigenvalue weighted by atomic mass is 16.4. The summed E-state index contributed by atoms with van der Waals surface area (Å²) in [6, 6.07) is 0. The molecule has 3 nitrogen and oxygen atoms in total. The maximum absolute atomic E-state index is 10.9. The minimum atomic E-state index is -0.110. The van der Waals surface area contributed by atoms with Crippen molar-refractivity contribution in [2.75, 3.05) is 0 Å². The van der Waals surface area contributed by atoms with Crippen LogP contribution in [-0.2, 0) is 0 Å². The van der Waals surface area contributed by atoms with Crippen molar-refractivity contribution in [1.29, 1.82) is 0 Å². The molecule has 5 rings (SSSR count). The second-order valence-electron chi connectivity index (χ2n) is 14.8. The summed E-state index contributed by atoms with van der Waals surface area (Å²) in [5, 5.41) is 23.9. The summed E-state index contributed by atoms with van der Waals surface area (Å²) < 4.78 is 0. The summed E-state index contributed by atoms with van der Waals surface area (Å²) in [6.07, 6.45) is 14.1. The first-order valence-electron chi connectivity index (χ1n) is 14.3. The minimum absolute atomic E-state index is 0.0868. The highest BCUT2D eigenvalue weighted by Crippen LogP contribution is 2.89. The lowest BCUT2D eigenvalue weighted by Gasteiger charge is -2.63. The Hall–Kier alpha value is -0.570. The van der Waals surface area contributed by atoms with E-state index in [1.165, 1.54) is 51.4 Å². The van der Waals surface area contributed by atoms with Crippen LogP contribution in [0.3, 0.4) is 0 Å². The molecule has 2 spiro atoms. The Labute approximate surface area is 203 Å². The molecule has 5 saturated carbocycles. The van der Waals surface area contributed by atoms with Crippen molar-refractivity contribution in [3.8, 4) is 0 Å². The van der Waals surface area contributed by atoms with E-state index in [2.05, 4.69) is 53.6 Å². The third-order valence-electron chi connectivity index (χ3n) is 13.5. The molecule has 0 aliphatic heterocycles. The lowest BCUT2D eigenvalue weighted by atomic mass is 9.41. The molecule has 5 fully saturated rings. The van der Waals surface area contributed by atoms with Gasteiger partial charge in [-0.1, -0.05) is 53.6 Å². The molecule has 33 heavy (non-hydrogen) atoms.